The number of rotatable bonds is 9. The minimum absolute atomic E-state index is 0.0384. The largest absolute Gasteiger partial charge is 0.481 e. The van der Waals surface area contributed by atoms with Crippen LogP contribution in [0.5, 0.6) is 0 Å². The number of carboxylic acids is 1. The lowest BCUT2D eigenvalue weighted by atomic mass is 9.94. The van der Waals surface area contributed by atoms with Crippen LogP contribution < -0.4 is 5.32 Å². The van der Waals surface area contributed by atoms with Crippen LogP contribution in [0.2, 0.25) is 0 Å². The van der Waals surface area contributed by atoms with E-state index in [2.05, 4.69) is 12.2 Å². The van der Waals surface area contributed by atoms with Gasteiger partial charge in [-0.05, 0) is 38.5 Å². The Hall–Kier alpha value is -1.10. The Morgan fingerprint density at radius 3 is 2.65 bits per heavy atom. The van der Waals surface area contributed by atoms with Crippen LogP contribution in [0, 0.1) is 5.92 Å². The molecule has 1 rings (SSSR count). The molecule has 2 atom stereocenters. The Kier molecular flexibility index (Phi) is 6.99. The Morgan fingerprint density at radius 2 is 2.10 bits per heavy atom. The van der Waals surface area contributed by atoms with E-state index in [1.807, 2.05) is 6.92 Å². The van der Waals surface area contributed by atoms with E-state index in [0.29, 0.717) is 25.5 Å². The second-order valence-corrected chi connectivity index (χ2v) is 5.81. The van der Waals surface area contributed by atoms with Crippen molar-refractivity contribution in [1.29, 1.82) is 0 Å². The van der Waals surface area contributed by atoms with Crippen molar-refractivity contribution in [2.75, 3.05) is 13.2 Å². The molecule has 5 heteroatoms. The van der Waals surface area contributed by atoms with Crippen LogP contribution in [-0.4, -0.2) is 35.7 Å². The molecule has 1 amide bonds. The fraction of sp³-hybridized carbons (Fsp3) is 0.867. The molecular formula is C15H27NO4. The number of carbonyl (C=O) groups is 2. The number of carbonyl (C=O) groups excluding carboxylic acids is 1. The van der Waals surface area contributed by atoms with Gasteiger partial charge in [-0.25, -0.2) is 0 Å². The lowest BCUT2D eigenvalue weighted by Crippen LogP contribution is -2.44. The minimum atomic E-state index is -0.748. The molecule has 116 valence electrons. The van der Waals surface area contributed by atoms with Gasteiger partial charge < -0.3 is 15.2 Å². The van der Waals surface area contributed by atoms with Crippen molar-refractivity contribution >= 4 is 11.9 Å². The van der Waals surface area contributed by atoms with Gasteiger partial charge in [0, 0.05) is 19.6 Å². The summed E-state index contributed by atoms with van der Waals surface area (Å²) in [7, 11) is 0. The Bertz CT molecular complexity index is 324. The molecule has 0 aromatic carbocycles. The van der Waals surface area contributed by atoms with Gasteiger partial charge in [0.2, 0.25) is 0 Å². The maximum absolute atomic E-state index is 12.0. The standard InChI is InChI=1S/C15H27NO4/c1-3-5-12(6-7-13(17)18)8-10-16-14(19)15(2)9-4-11-20-15/h12H,3-11H2,1-2H3,(H,16,19)(H,17,18). The van der Waals surface area contributed by atoms with Crippen LogP contribution in [0.1, 0.15) is 58.8 Å². The summed E-state index contributed by atoms with van der Waals surface area (Å²) in [6.45, 7) is 5.19. The summed E-state index contributed by atoms with van der Waals surface area (Å²) in [4.78, 5) is 22.7. The van der Waals surface area contributed by atoms with E-state index in [1.165, 1.54) is 0 Å². The first-order chi connectivity index (χ1) is 9.48. The third-order valence-electron chi connectivity index (χ3n) is 4.00. The van der Waals surface area contributed by atoms with Gasteiger partial charge in [0.1, 0.15) is 5.60 Å². The van der Waals surface area contributed by atoms with E-state index in [1.54, 1.807) is 0 Å². The fourth-order valence-corrected chi connectivity index (χ4v) is 2.70. The molecule has 2 N–H and O–H groups in total. The molecule has 1 saturated heterocycles. The van der Waals surface area contributed by atoms with E-state index in [9.17, 15) is 9.59 Å². The van der Waals surface area contributed by atoms with E-state index in [0.717, 1.165) is 32.1 Å². The molecule has 2 unspecified atom stereocenters. The first-order valence-corrected chi connectivity index (χ1v) is 7.62. The first-order valence-electron chi connectivity index (χ1n) is 7.62. The van der Waals surface area contributed by atoms with Gasteiger partial charge in [0.05, 0.1) is 0 Å². The van der Waals surface area contributed by atoms with Crippen LogP contribution in [0.3, 0.4) is 0 Å². The highest BCUT2D eigenvalue weighted by Gasteiger charge is 2.37. The number of nitrogens with one attached hydrogen (secondary N) is 1. The van der Waals surface area contributed by atoms with E-state index < -0.39 is 11.6 Å². The molecule has 0 spiro atoms. The molecule has 1 aliphatic heterocycles. The highest BCUT2D eigenvalue weighted by atomic mass is 16.5. The number of hydrogen-bond donors (Lipinski definition) is 2. The number of carboxylic acid groups (broad SMARTS) is 1. The summed E-state index contributed by atoms with van der Waals surface area (Å²) in [5, 5.41) is 11.7. The molecule has 5 nitrogen and oxygen atoms in total. The summed E-state index contributed by atoms with van der Waals surface area (Å²) >= 11 is 0. The van der Waals surface area contributed by atoms with E-state index in [4.69, 9.17) is 9.84 Å². The van der Waals surface area contributed by atoms with Gasteiger partial charge in [-0.15, -0.1) is 0 Å². The van der Waals surface area contributed by atoms with E-state index >= 15 is 0 Å². The lowest BCUT2D eigenvalue weighted by molar-refractivity contribution is -0.139. The molecule has 0 aromatic heterocycles. The smallest absolute Gasteiger partial charge is 0.303 e. The normalized spacial score (nSPS) is 23.5. The third-order valence-corrected chi connectivity index (χ3v) is 4.00. The highest BCUT2D eigenvalue weighted by molar-refractivity contribution is 5.84. The summed E-state index contributed by atoms with van der Waals surface area (Å²) in [6.07, 6.45) is 5.49. The molecule has 1 heterocycles. The van der Waals surface area contributed by atoms with Crippen LogP contribution in [0.15, 0.2) is 0 Å². The maximum atomic E-state index is 12.0. The quantitative estimate of drug-likeness (QED) is 0.682. The fourth-order valence-electron chi connectivity index (χ4n) is 2.70. The van der Waals surface area contributed by atoms with Crippen molar-refractivity contribution < 1.29 is 19.4 Å². The van der Waals surface area contributed by atoms with E-state index in [-0.39, 0.29) is 12.3 Å². The van der Waals surface area contributed by atoms with Gasteiger partial charge in [-0.1, -0.05) is 19.8 Å². The van der Waals surface area contributed by atoms with Crippen LogP contribution in [0.4, 0.5) is 0 Å². The molecule has 0 saturated carbocycles. The van der Waals surface area contributed by atoms with Crippen LogP contribution >= 0.6 is 0 Å². The summed E-state index contributed by atoms with van der Waals surface area (Å²) in [5.41, 5.74) is -0.665. The zero-order valence-corrected chi connectivity index (χ0v) is 12.6. The number of aliphatic carboxylic acids is 1. The Morgan fingerprint density at radius 1 is 1.35 bits per heavy atom. The lowest BCUT2D eigenvalue weighted by Gasteiger charge is -2.23. The summed E-state index contributed by atoms with van der Waals surface area (Å²) < 4.78 is 5.50. The van der Waals surface area contributed by atoms with Crippen molar-refractivity contribution in [3.8, 4) is 0 Å². The van der Waals surface area contributed by atoms with Crippen LogP contribution in [-0.2, 0) is 14.3 Å². The van der Waals surface area contributed by atoms with Gasteiger partial charge in [-0.3, -0.25) is 9.59 Å². The van der Waals surface area contributed by atoms with Crippen molar-refractivity contribution in [2.24, 2.45) is 5.92 Å². The second kappa shape index (κ2) is 8.25. The zero-order chi connectivity index (χ0) is 15.0. The minimum Gasteiger partial charge on any atom is -0.481 e. The molecule has 0 aromatic rings. The van der Waals surface area contributed by atoms with Crippen molar-refractivity contribution in [3.05, 3.63) is 0 Å². The zero-order valence-electron chi connectivity index (χ0n) is 12.6. The molecule has 1 fully saturated rings. The average Bonchev–Trinajstić information content (AvgIpc) is 2.84. The molecule has 20 heavy (non-hydrogen) atoms. The molecule has 0 bridgehead atoms. The van der Waals surface area contributed by atoms with Gasteiger partial charge in [0.15, 0.2) is 0 Å². The molecule has 0 radical (unpaired) electrons. The monoisotopic (exact) mass is 285 g/mol. The van der Waals surface area contributed by atoms with Gasteiger partial charge in [-0.2, -0.15) is 0 Å². The molecule has 0 aliphatic carbocycles. The number of ether oxygens (including phenoxy) is 1. The molecule has 1 aliphatic rings. The van der Waals surface area contributed by atoms with Gasteiger partial charge in [0.25, 0.3) is 5.91 Å². The SMILES string of the molecule is CCCC(CCNC(=O)C1(C)CCCO1)CCC(=O)O. The topological polar surface area (TPSA) is 75.6 Å². The highest BCUT2D eigenvalue weighted by Crippen LogP contribution is 2.25. The predicted molar refractivity (Wildman–Crippen MR) is 76.5 cm³/mol. The average molecular weight is 285 g/mol. The maximum Gasteiger partial charge on any atom is 0.303 e. The van der Waals surface area contributed by atoms with Crippen molar-refractivity contribution in [3.63, 3.8) is 0 Å². The van der Waals surface area contributed by atoms with Crippen LogP contribution in [0.25, 0.3) is 0 Å². The Balaban J connectivity index is 2.28. The molecular weight excluding hydrogens is 258 g/mol. The number of amides is 1. The summed E-state index contributed by atoms with van der Waals surface area (Å²) in [6, 6.07) is 0. The third kappa shape index (κ3) is 5.49. The predicted octanol–water partition coefficient (Wildman–Crippen LogP) is 2.34. The number of hydrogen-bond acceptors (Lipinski definition) is 3. The van der Waals surface area contributed by atoms with Crippen molar-refractivity contribution in [1.82, 2.24) is 5.32 Å². The van der Waals surface area contributed by atoms with Gasteiger partial charge >= 0.3 is 5.97 Å². The first kappa shape index (κ1) is 17.0. The second-order valence-electron chi connectivity index (χ2n) is 5.81. The summed E-state index contributed by atoms with van der Waals surface area (Å²) in [5.74, 6) is -0.417. The Labute approximate surface area is 121 Å². The van der Waals surface area contributed by atoms with Crippen molar-refractivity contribution in [2.45, 2.75) is 64.4 Å².